The molecule has 0 bridgehead atoms. The number of anilines is 3. The van der Waals surface area contributed by atoms with Crippen LogP contribution in [-0.4, -0.2) is 4.57 Å². The molecular weight excluding hydrogens is 609 g/mol. The largest absolute Gasteiger partial charge is 0.456 e. The minimum absolute atomic E-state index is 0.193. The molecule has 0 saturated carbocycles. The van der Waals surface area contributed by atoms with Crippen LogP contribution in [0.5, 0.6) is 0 Å². The fourth-order valence-electron chi connectivity index (χ4n) is 8.21. The van der Waals surface area contributed by atoms with E-state index in [2.05, 4.69) is 187 Å². The summed E-state index contributed by atoms with van der Waals surface area (Å²) in [4.78, 5) is 2.36. The van der Waals surface area contributed by atoms with Gasteiger partial charge < -0.3 is 13.9 Å². The maximum Gasteiger partial charge on any atom is 0.139 e. The van der Waals surface area contributed by atoms with Crippen LogP contribution in [0.3, 0.4) is 0 Å². The molecule has 2 heterocycles. The maximum atomic E-state index is 6.46. The Hall–Kier alpha value is -6.32. The van der Waals surface area contributed by atoms with Crippen LogP contribution in [0.15, 0.2) is 174 Å². The Kier molecular flexibility index (Phi) is 6.22. The van der Waals surface area contributed by atoms with Crippen LogP contribution in [0, 0.1) is 0 Å². The summed E-state index contributed by atoms with van der Waals surface area (Å²) in [6.07, 6.45) is 0. The van der Waals surface area contributed by atoms with E-state index in [4.69, 9.17) is 4.42 Å². The lowest BCUT2D eigenvalue weighted by Gasteiger charge is -2.28. The summed E-state index contributed by atoms with van der Waals surface area (Å²) in [7, 11) is 0. The number of hydrogen-bond donors (Lipinski definition) is 0. The van der Waals surface area contributed by atoms with Gasteiger partial charge in [-0.25, -0.2) is 0 Å². The fraction of sp³-hybridized carbons (Fsp3) is 0.0638. The molecule has 0 aliphatic heterocycles. The van der Waals surface area contributed by atoms with E-state index >= 15 is 0 Å². The zero-order chi connectivity index (χ0) is 33.4. The highest BCUT2D eigenvalue weighted by molar-refractivity contribution is 6.10. The lowest BCUT2D eigenvalue weighted by Crippen LogP contribution is -2.16. The molecule has 10 rings (SSSR count). The van der Waals surface area contributed by atoms with Gasteiger partial charge in [-0.15, -0.1) is 0 Å². The predicted molar refractivity (Wildman–Crippen MR) is 208 cm³/mol. The average Bonchev–Trinajstić information content (AvgIpc) is 3.79. The Morgan fingerprint density at radius 3 is 1.92 bits per heavy atom. The van der Waals surface area contributed by atoms with Gasteiger partial charge in [0.25, 0.3) is 0 Å². The van der Waals surface area contributed by atoms with Crippen molar-refractivity contribution >= 4 is 49.8 Å². The SMILES string of the molecule is CC1(C)c2cc(N(c3ccccc3)c3ccc(-c4ccc5c(c4)c4ccccc4n5-c4ccccc4)cc3)ccc2-c2oc3ccccc3c21. The standard InChI is InChI=1S/C47H34N2O/c1-47(2)41-30-36(26-27-38(41)46-45(47)39-18-10-12-20-44(39)50-46)48(33-13-5-3-6-14-33)35-24-21-31(22-25-35)32-23-28-43-40(29-32)37-17-9-11-19-42(37)49(43)34-15-7-4-8-16-34/h3-30H,1-2H3. The van der Waals surface area contributed by atoms with Gasteiger partial charge >= 0.3 is 0 Å². The van der Waals surface area contributed by atoms with E-state index in [1.807, 2.05) is 6.07 Å². The van der Waals surface area contributed by atoms with Gasteiger partial charge in [-0.1, -0.05) is 105 Å². The van der Waals surface area contributed by atoms with Gasteiger partial charge in [0.2, 0.25) is 0 Å². The second-order valence-corrected chi connectivity index (χ2v) is 13.8. The molecule has 0 N–H and O–H groups in total. The van der Waals surface area contributed by atoms with Crippen molar-refractivity contribution in [2.24, 2.45) is 0 Å². The van der Waals surface area contributed by atoms with Crippen LogP contribution in [0.25, 0.3) is 60.9 Å². The number of furan rings is 1. The molecule has 1 aliphatic rings. The molecule has 3 nitrogen and oxygen atoms in total. The van der Waals surface area contributed by atoms with Gasteiger partial charge in [0.05, 0.1) is 11.0 Å². The third kappa shape index (κ3) is 4.23. The quantitative estimate of drug-likeness (QED) is 0.186. The first kappa shape index (κ1) is 28.7. The van der Waals surface area contributed by atoms with E-state index in [0.717, 1.165) is 28.4 Å². The smallest absolute Gasteiger partial charge is 0.139 e. The molecule has 50 heavy (non-hydrogen) atoms. The molecule has 0 fully saturated rings. The molecule has 0 atom stereocenters. The summed E-state index contributed by atoms with van der Waals surface area (Å²) in [5, 5.41) is 3.71. The molecule has 7 aromatic carbocycles. The van der Waals surface area contributed by atoms with E-state index in [9.17, 15) is 0 Å². The molecule has 238 valence electrons. The molecule has 0 unspecified atom stereocenters. The monoisotopic (exact) mass is 642 g/mol. The van der Waals surface area contributed by atoms with E-state index in [1.54, 1.807) is 0 Å². The number of nitrogens with zero attached hydrogens (tertiary/aromatic N) is 2. The first-order valence-electron chi connectivity index (χ1n) is 17.3. The van der Waals surface area contributed by atoms with E-state index in [0.29, 0.717) is 0 Å². The van der Waals surface area contributed by atoms with Crippen LogP contribution in [0.1, 0.15) is 25.0 Å². The highest BCUT2D eigenvalue weighted by atomic mass is 16.3. The second kappa shape index (κ2) is 10.8. The average molecular weight is 643 g/mol. The Balaban J connectivity index is 1.06. The number of fused-ring (bicyclic) bond motifs is 8. The predicted octanol–water partition coefficient (Wildman–Crippen LogP) is 13.0. The summed E-state index contributed by atoms with van der Waals surface area (Å²) in [5.74, 6) is 0.997. The number of rotatable bonds is 5. The van der Waals surface area contributed by atoms with Gasteiger partial charge in [0.1, 0.15) is 11.3 Å². The second-order valence-electron chi connectivity index (χ2n) is 13.8. The minimum Gasteiger partial charge on any atom is -0.456 e. The molecule has 0 saturated heterocycles. The van der Waals surface area contributed by atoms with Crippen molar-refractivity contribution in [1.29, 1.82) is 0 Å². The Morgan fingerprint density at radius 2 is 1.12 bits per heavy atom. The third-order valence-corrected chi connectivity index (χ3v) is 10.6. The number of aromatic nitrogens is 1. The van der Waals surface area contributed by atoms with Crippen LogP contribution >= 0.6 is 0 Å². The van der Waals surface area contributed by atoms with Gasteiger partial charge in [0, 0.05) is 55.5 Å². The van der Waals surface area contributed by atoms with Crippen molar-refractivity contribution in [2.45, 2.75) is 19.3 Å². The Bertz CT molecular complexity index is 2720. The zero-order valence-corrected chi connectivity index (χ0v) is 28.0. The molecule has 1 aliphatic carbocycles. The van der Waals surface area contributed by atoms with Crippen LogP contribution in [0.4, 0.5) is 17.1 Å². The fourth-order valence-corrected chi connectivity index (χ4v) is 8.21. The van der Waals surface area contributed by atoms with E-state index < -0.39 is 0 Å². The van der Waals surface area contributed by atoms with Gasteiger partial charge in [-0.05, 0) is 95.6 Å². The topological polar surface area (TPSA) is 21.3 Å². The van der Waals surface area contributed by atoms with Crippen molar-refractivity contribution in [2.75, 3.05) is 4.90 Å². The first-order valence-corrected chi connectivity index (χ1v) is 17.3. The summed E-state index contributed by atoms with van der Waals surface area (Å²) < 4.78 is 8.82. The molecule has 3 heteroatoms. The van der Waals surface area contributed by atoms with Crippen LogP contribution < -0.4 is 4.90 Å². The lowest BCUT2D eigenvalue weighted by atomic mass is 9.81. The molecule has 2 aromatic heterocycles. The molecular formula is C47H34N2O. The Labute approximate surface area is 291 Å². The summed E-state index contributed by atoms with van der Waals surface area (Å²) in [6, 6.07) is 61.1. The summed E-state index contributed by atoms with van der Waals surface area (Å²) >= 11 is 0. The highest BCUT2D eigenvalue weighted by Gasteiger charge is 2.40. The number of benzene rings is 7. The molecule has 0 spiro atoms. The third-order valence-electron chi connectivity index (χ3n) is 10.6. The highest BCUT2D eigenvalue weighted by Crippen LogP contribution is 2.54. The minimum atomic E-state index is -0.193. The van der Waals surface area contributed by atoms with Gasteiger partial charge in [0.15, 0.2) is 0 Å². The number of para-hydroxylation sites is 4. The van der Waals surface area contributed by atoms with Crippen molar-refractivity contribution in [3.8, 4) is 28.1 Å². The van der Waals surface area contributed by atoms with Crippen molar-refractivity contribution in [3.63, 3.8) is 0 Å². The van der Waals surface area contributed by atoms with Crippen molar-refractivity contribution in [3.05, 3.63) is 181 Å². The molecule has 9 aromatic rings. The molecule has 0 amide bonds. The first-order chi connectivity index (χ1) is 24.6. The Morgan fingerprint density at radius 1 is 0.500 bits per heavy atom. The summed E-state index contributed by atoms with van der Waals surface area (Å²) in [6.45, 7) is 4.64. The molecule has 0 radical (unpaired) electrons. The van der Waals surface area contributed by atoms with E-state index in [-0.39, 0.29) is 5.41 Å². The van der Waals surface area contributed by atoms with Crippen molar-refractivity contribution in [1.82, 2.24) is 4.57 Å². The van der Waals surface area contributed by atoms with Gasteiger partial charge in [-0.2, -0.15) is 0 Å². The van der Waals surface area contributed by atoms with Crippen LogP contribution in [0.2, 0.25) is 0 Å². The maximum absolute atomic E-state index is 6.46. The van der Waals surface area contributed by atoms with Crippen molar-refractivity contribution < 1.29 is 4.42 Å². The lowest BCUT2D eigenvalue weighted by molar-refractivity contribution is 0.619. The van der Waals surface area contributed by atoms with Gasteiger partial charge in [-0.3, -0.25) is 0 Å². The van der Waals surface area contributed by atoms with Crippen LogP contribution in [-0.2, 0) is 5.41 Å². The normalized spacial score (nSPS) is 13.2. The number of hydrogen-bond acceptors (Lipinski definition) is 2. The van der Waals surface area contributed by atoms with E-state index in [1.165, 1.54) is 60.7 Å². The zero-order valence-electron chi connectivity index (χ0n) is 28.0. The summed E-state index contributed by atoms with van der Waals surface area (Å²) in [5.41, 5.74) is 13.8.